The molecule has 0 saturated heterocycles. The molecule has 98 valence electrons. The summed E-state index contributed by atoms with van der Waals surface area (Å²) in [6.45, 7) is 5.11. The standard InChI is InChI=1S/C14H18O4/c1-4-18-13(16)12(15)11-8-6-5-7-10(11)9-14(2,3)17/h5-8,17H,4,9H2,1-3H3. The number of benzene rings is 1. The molecule has 1 rings (SSSR count). The third-order valence-electron chi connectivity index (χ3n) is 2.35. The molecule has 0 spiro atoms. The normalized spacial score (nSPS) is 11.1. The Morgan fingerprint density at radius 2 is 1.89 bits per heavy atom. The molecule has 4 heteroatoms. The lowest BCUT2D eigenvalue weighted by atomic mass is 9.93. The maximum atomic E-state index is 11.9. The summed E-state index contributed by atoms with van der Waals surface area (Å²) < 4.78 is 4.69. The van der Waals surface area contributed by atoms with Crippen LogP contribution in [0.25, 0.3) is 0 Å². The van der Waals surface area contributed by atoms with E-state index in [4.69, 9.17) is 4.74 Å². The van der Waals surface area contributed by atoms with Crippen LogP contribution in [-0.2, 0) is 16.0 Å². The number of carbonyl (C=O) groups is 2. The maximum Gasteiger partial charge on any atom is 0.379 e. The molecule has 0 fully saturated rings. The van der Waals surface area contributed by atoms with Crippen molar-refractivity contribution in [3.63, 3.8) is 0 Å². The van der Waals surface area contributed by atoms with E-state index < -0.39 is 17.4 Å². The Balaban J connectivity index is 3.02. The Morgan fingerprint density at radius 1 is 1.28 bits per heavy atom. The van der Waals surface area contributed by atoms with Crippen LogP contribution in [0.3, 0.4) is 0 Å². The average molecular weight is 250 g/mol. The van der Waals surface area contributed by atoms with Crippen LogP contribution in [0, 0.1) is 0 Å². The summed E-state index contributed by atoms with van der Waals surface area (Å²) in [7, 11) is 0. The van der Waals surface area contributed by atoms with Crippen LogP contribution >= 0.6 is 0 Å². The van der Waals surface area contributed by atoms with E-state index in [9.17, 15) is 14.7 Å². The molecule has 1 N–H and O–H groups in total. The summed E-state index contributed by atoms with van der Waals surface area (Å²) in [6, 6.07) is 6.74. The van der Waals surface area contributed by atoms with Crippen molar-refractivity contribution in [2.75, 3.05) is 6.61 Å². The number of hydrogen-bond donors (Lipinski definition) is 1. The second-order valence-electron chi connectivity index (χ2n) is 4.70. The van der Waals surface area contributed by atoms with Crippen molar-refractivity contribution < 1.29 is 19.4 Å². The van der Waals surface area contributed by atoms with E-state index in [0.717, 1.165) is 0 Å². The highest BCUT2D eigenvalue weighted by atomic mass is 16.5. The van der Waals surface area contributed by atoms with E-state index in [-0.39, 0.29) is 12.2 Å². The van der Waals surface area contributed by atoms with E-state index in [2.05, 4.69) is 0 Å². The van der Waals surface area contributed by atoms with E-state index in [1.807, 2.05) is 0 Å². The van der Waals surface area contributed by atoms with Crippen molar-refractivity contribution in [3.8, 4) is 0 Å². The third-order valence-corrected chi connectivity index (χ3v) is 2.35. The Morgan fingerprint density at radius 3 is 2.44 bits per heavy atom. The average Bonchev–Trinajstić information content (AvgIpc) is 2.27. The first-order chi connectivity index (χ1) is 8.35. The van der Waals surface area contributed by atoms with Crippen molar-refractivity contribution in [3.05, 3.63) is 35.4 Å². The summed E-state index contributed by atoms with van der Waals surface area (Å²) in [5.74, 6) is -1.53. The molecule has 0 unspecified atom stereocenters. The summed E-state index contributed by atoms with van der Waals surface area (Å²) in [5, 5.41) is 9.79. The van der Waals surface area contributed by atoms with Gasteiger partial charge in [0.25, 0.3) is 5.78 Å². The number of Topliss-reactive ketones (excluding diaryl/α,β-unsaturated/α-hetero) is 1. The molecular weight excluding hydrogens is 232 g/mol. The van der Waals surface area contributed by atoms with Crippen molar-refractivity contribution in [1.29, 1.82) is 0 Å². The highest BCUT2D eigenvalue weighted by molar-refractivity contribution is 6.41. The number of ketones is 1. The van der Waals surface area contributed by atoms with E-state index in [1.54, 1.807) is 45.0 Å². The molecule has 0 heterocycles. The van der Waals surface area contributed by atoms with Crippen molar-refractivity contribution in [2.24, 2.45) is 0 Å². The second kappa shape index (κ2) is 5.78. The summed E-state index contributed by atoms with van der Waals surface area (Å²) in [6.07, 6.45) is 0.300. The van der Waals surface area contributed by atoms with Crippen LogP contribution in [0.4, 0.5) is 0 Å². The zero-order chi connectivity index (χ0) is 13.8. The fourth-order valence-electron chi connectivity index (χ4n) is 1.67. The first-order valence-electron chi connectivity index (χ1n) is 5.87. The van der Waals surface area contributed by atoms with Crippen LogP contribution in [0.2, 0.25) is 0 Å². The van der Waals surface area contributed by atoms with Crippen LogP contribution in [-0.4, -0.2) is 29.1 Å². The Bertz CT molecular complexity index is 443. The molecule has 1 aromatic carbocycles. The number of hydrogen-bond acceptors (Lipinski definition) is 4. The molecular formula is C14H18O4. The highest BCUT2D eigenvalue weighted by Gasteiger charge is 2.23. The highest BCUT2D eigenvalue weighted by Crippen LogP contribution is 2.17. The SMILES string of the molecule is CCOC(=O)C(=O)c1ccccc1CC(C)(C)O. The smallest absolute Gasteiger partial charge is 0.379 e. The van der Waals surface area contributed by atoms with Gasteiger partial charge in [0, 0.05) is 12.0 Å². The molecule has 0 radical (unpaired) electrons. The molecule has 0 saturated carbocycles. The Kier molecular flexibility index (Phi) is 4.62. The minimum Gasteiger partial charge on any atom is -0.460 e. The van der Waals surface area contributed by atoms with Gasteiger partial charge in [0.1, 0.15) is 0 Å². The molecule has 0 aliphatic carbocycles. The predicted octanol–water partition coefficient (Wildman–Crippen LogP) is 1.75. The van der Waals surface area contributed by atoms with E-state index >= 15 is 0 Å². The van der Waals surface area contributed by atoms with Gasteiger partial charge in [-0.15, -0.1) is 0 Å². The van der Waals surface area contributed by atoms with Gasteiger partial charge in [0.15, 0.2) is 0 Å². The molecule has 4 nitrogen and oxygen atoms in total. The Hall–Kier alpha value is -1.68. The molecule has 0 bridgehead atoms. The molecule has 0 aliphatic heterocycles. The van der Waals surface area contributed by atoms with Gasteiger partial charge in [-0.1, -0.05) is 24.3 Å². The number of carbonyl (C=O) groups excluding carboxylic acids is 2. The van der Waals surface area contributed by atoms with Crippen LogP contribution in [0.5, 0.6) is 0 Å². The van der Waals surface area contributed by atoms with Gasteiger partial charge < -0.3 is 9.84 Å². The molecule has 0 atom stereocenters. The zero-order valence-corrected chi connectivity index (χ0v) is 10.9. The summed E-state index contributed by atoms with van der Waals surface area (Å²) in [4.78, 5) is 23.3. The summed E-state index contributed by atoms with van der Waals surface area (Å²) in [5.41, 5.74) is -0.00784. The number of aliphatic hydroxyl groups is 1. The van der Waals surface area contributed by atoms with E-state index in [0.29, 0.717) is 12.0 Å². The number of esters is 1. The van der Waals surface area contributed by atoms with Gasteiger partial charge in [0.05, 0.1) is 12.2 Å². The first-order valence-corrected chi connectivity index (χ1v) is 5.87. The van der Waals surface area contributed by atoms with Gasteiger partial charge in [-0.3, -0.25) is 4.79 Å². The van der Waals surface area contributed by atoms with Gasteiger partial charge in [-0.05, 0) is 26.3 Å². The molecule has 1 aromatic rings. The topological polar surface area (TPSA) is 63.6 Å². The Labute approximate surface area is 107 Å². The van der Waals surface area contributed by atoms with Gasteiger partial charge in [-0.25, -0.2) is 4.79 Å². The predicted molar refractivity (Wildman–Crippen MR) is 67.4 cm³/mol. The summed E-state index contributed by atoms with van der Waals surface area (Å²) >= 11 is 0. The minimum atomic E-state index is -0.939. The molecule has 0 amide bonds. The quantitative estimate of drug-likeness (QED) is 0.491. The van der Waals surface area contributed by atoms with Gasteiger partial charge >= 0.3 is 5.97 Å². The van der Waals surface area contributed by atoms with Crippen molar-refractivity contribution in [2.45, 2.75) is 32.8 Å². The third kappa shape index (κ3) is 3.96. The van der Waals surface area contributed by atoms with Crippen LogP contribution in [0.1, 0.15) is 36.7 Å². The fourth-order valence-corrected chi connectivity index (χ4v) is 1.67. The first kappa shape index (κ1) is 14.4. The molecule has 0 aliphatic rings. The lowest BCUT2D eigenvalue weighted by Gasteiger charge is -2.18. The fraction of sp³-hybridized carbons (Fsp3) is 0.429. The largest absolute Gasteiger partial charge is 0.460 e. The maximum absolute atomic E-state index is 11.9. The van der Waals surface area contributed by atoms with Crippen molar-refractivity contribution >= 4 is 11.8 Å². The number of ether oxygens (including phenoxy) is 1. The lowest BCUT2D eigenvalue weighted by molar-refractivity contribution is -0.137. The zero-order valence-electron chi connectivity index (χ0n) is 10.9. The van der Waals surface area contributed by atoms with Gasteiger partial charge in [-0.2, -0.15) is 0 Å². The minimum absolute atomic E-state index is 0.165. The second-order valence-corrected chi connectivity index (χ2v) is 4.70. The molecule has 18 heavy (non-hydrogen) atoms. The van der Waals surface area contributed by atoms with Crippen LogP contribution < -0.4 is 0 Å². The monoisotopic (exact) mass is 250 g/mol. The van der Waals surface area contributed by atoms with E-state index in [1.165, 1.54) is 0 Å². The van der Waals surface area contributed by atoms with Gasteiger partial charge in [0.2, 0.25) is 0 Å². The molecule has 0 aromatic heterocycles. The number of rotatable bonds is 5. The van der Waals surface area contributed by atoms with Crippen molar-refractivity contribution in [1.82, 2.24) is 0 Å². The lowest BCUT2D eigenvalue weighted by Crippen LogP contribution is -2.25. The van der Waals surface area contributed by atoms with Crippen LogP contribution in [0.15, 0.2) is 24.3 Å².